The summed E-state index contributed by atoms with van der Waals surface area (Å²) in [6.45, 7) is 0. The number of nitrogens with zero attached hydrogens (tertiary/aromatic N) is 1. The molecule has 15 heavy (non-hydrogen) atoms. The number of hydrogen-bond acceptors (Lipinski definition) is 4. The van der Waals surface area contributed by atoms with E-state index in [9.17, 15) is 21.6 Å². The molecule has 0 amide bonds. The van der Waals surface area contributed by atoms with Gasteiger partial charge < -0.3 is 21.8 Å². The van der Waals surface area contributed by atoms with Crippen LogP contribution in [0.15, 0.2) is 6.07 Å². The largest absolute Gasteiger partial charge is 0.532 e. The standard InChI is InChI=1S/C4H2F3N2O3S.CH3.Y/c5-4(6,7)13(10,11)12-3-1-2-8-9-3;;/h1H,(H,8,9);1H3;/q2*-1;. The zero-order valence-electron chi connectivity index (χ0n) is 7.37. The molecule has 1 N–H and O–H groups in total. The van der Waals surface area contributed by atoms with Crippen LogP contribution in [-0.4, -0.2) is 24.1 Å². The normalized spacial score (nSPS) is 11.1. The third-order valence-corrected chi connectivity index (χ3v) is 1.88. The second kappa shape index (κ2) is 5.81. The molecule has 1 aromatic heterocycles. The molecule has 0 saturated carbocycles. The molecule has 0 spiro atoms. The molecule has 10 heteroatoms. The van der Waals surface area contributed by atoms with Crippen LogP contribution in [-0.2, 0) is 42.8 Å². The van der Waals surface area contributed by atoms with E-state index in [1.54, 1.807) is 0 Å². The van der Waals surface area contributed by atoms with Crippen molar-refractivity contribution in [3.8, 4) is 5.88 Å². The predicted octanol–water partition coefficient (Wildman–Crippen LogP) is 0.886. The fourth-order valence-electron chi connectivity index (χ4n) is 0.419. The van der Waals surface area contributed by atoms with Crippen LogP contribution in [0.4, 0.5) is 13.2 Å². The van der Waals surface area contributed by atoms with Crippen molar-refractivity contribution >= 4 is 10.1 Å². The van der Waals surface area contributed by atoms with E-state index in [2.05, 4.69) is 9.28 Å². The minimum absolute atomic E-state index is 0. The Hall–Kier alpha value is -0.146. The van der Waals surface area contributed by atoms with Crippen LogP contribution in [0.3, 0.4) is 0 Å². The molecule has 1 rings (SSSR count). The molecule has 0 aliphatic heterocycles. The minimum Gasteiger partial charge on any atom is -0.451 e. The van der Waals surface area contributed by atoms with Gasteiger partial charge in [-0.25, -0.2) is 0 Å². The van der Waals surface area contributed by atoms with Gasteiger partial charge >= 0.3 is 15.6 Å². The van der Waals surface area contributed by atoms with E-state index in [0.29, 0.717) is 0 Å². The molecule has 0 aliphatic carbocycles. The van der Waals surface area contributed by atoms with E-state index < -0.39 is 21.5 Å². The molecule has 0 atom stereocenters. The van der Waals surface area contributed by atoms with E-state index in [4.69, 9.17) is 0 Å². The Morgan fingerprint density at radius 3 is 2.33 bits per heavy atom. The Labute approximate surface area is 109 Å². The Bertz CT molecular complexity index is 375. The van der Waals surface area contributed by atoms with Gasteiger partial charge in [-0.1, -0.05) is 0 Å². The van der Waals surface area contributed by atoms with Gasteiger partial charge in [-0.15, -0.1) is 6.20 Å². The molecule has 0 saturated heterocycles. The summed E-state index contributed by atoms with van der Waals surface area (Å²) >= 11 is 0. The van der Waals surface area contributed by atoms with Gasteiger partial charge in [0.2, 0.25) is 0 Å². The summed E-state index contributed by atoms with van der Waals surface area (Å²) < 4.78 is 59.2. The zero-order valence-corrected chi connectivity index (χ0v) is 11.0. The third kappa shape index (κ3) is 4.48. The summed E-state index contributed by atoms with van der Waals surface area (Å²) in [5, 5.41) is 4.94. The Morgan fingerprint density at radius 1 is 1.47 bits per heavy atom. The Kier molecular flexibility index (Phi) is 6.68. The number of aromatic nitrogens is 2. The SMILES string of the molecule is O=S(=O)(Oc1c[c-]n[nH]1)C(F)(F)F.[CH3-].[Y]. The fraction of sp³-hybridized carbons (Fsp3) is 0.200. The number of alkyl halides is 3. The Morgan fingerprint density at radius 2 is 2.00 bits per heavy atom. The van der Waals surface area contributed by atoms with E-state index >= 15 is 0 Å². The molecule has 85 valence electrons. The molecule has 1 aromatic rings. The molecule has 0 bridgehead atoms. The molecule has 0 fully saturated rings. The van der Waals surface area contributed by atoms with Crippen molar-refractivity contribution in [3.63, 3.8) is 0 Å². The van der Waals surface area contributed by atoms with Gasteiger partial charge in [0.05, 0.1) is 5.88 Å². The van der Waals surface area contributed by atoms with Crippen molar-refractivity contribution < 1.29 is 58.5 Å². The second-order valence-corrected chi connectivity index (χ2v) is 3.38. The number of hydrogen-bond donors (Lipinski definition) is 1. The summed E-state index contributed by atoms with van der Waals surface area (Å²) in [7, 11) is -5.61. The predicted molar refractivity (Wildman–Crippen MR) is 39.4 cm³/mol. The van der Waals surface area contributed by atoms with Gasteiger partial charge in [-0.3, -0.25) is 0 Å². The van der Waals surface area contributed by atoms with Crippen molar-refractivity contribution in [2.24, 2.45) is 0 Å². The minimum atomic E-state index is -5.61. The molecular weight excluding hydrogens is 314 g/mol. The maximum absolute atomic E-state index is 11.7. The molecule has 1 radical (unpaired) electrons. The van der Waals surface area contributed by atoms with E-state index in [1.165, 1.54) is 0 Å². The number of H-pyrrole nitrogens is 1. The van der Waals surface area contributed by atoms with Gasteiger partial charge in [0.25, 0.3) is 0 Å². The van der Waals surface area contributed by atoms with Crippen LogP contribution < -0.4 is 4.18 Å². The molecule has 0 unspecified atom stereocenters. The van der Waals surface area contributed by atoms with Crippen molar-refractivity contribution in [1.82, 2.24) is 10.2 Å². The summed E-state index contributed by atoms with van der Waals surface area (Å²) in [5.74, 6) is -0.641. The summed E-state index contributed by atoms with van der Waals surface area (Å²) in [6, 6.07) is 0.823. The topological polar surface area (TPSA) is 72.1 Å². The van der Waals surface area contributed by atoms with E-state index in [-0.39, 0.29) is 40.1 Å². The van der Waals surface area contributed by atoms with Gasteiger partial charge in [0.15, 0.2) is 0 Å². The first-order chi connectivity index (χ1) is 5.83. The van der Waals surface area contributed by atoms with E-state index in [1.807, 2.05) is 11.3 Å². The van der Waals surface area contributed by atoms with Crippen LogP contribution in [0.1, 0.15) is 0 Å². The number of rotatable bonds is 2. The van der Waals surface area contributed by atoms with Gasteiger partial charge in [-0.05, 0) is 0 Å². The second-order valence-electron chi connectivity index (χ2n) is 1.84. The van der Waals surface area contributed by atoms with Gasteiger partial charge in [0.1, 0.15) is 0 Å². The van der Waals surface area contributed by atoms with Crippen molar-refractivity contribution in [1.29, 1.82) is 0 Å². The average Bonchev–Trinajstić information content (AvgIpc) is 2.35. The van der Waals surface area contributed by atoms with Crippen LogP contribution in [0.25, 0.3) is 0 Å². The number of nitrogens with one attached hydrogen (secondary N) is 1. The first-order valence-corrected chi connectivity index (χ1v) is 4.16. The molecule has 5 nitrogen and oxygen atoms in total. The summed E-state index contributed by atoms with van der Waals surface area (Å²) in [6.07, 6.45) is 2.04. The molecule has 0 aliphatic rings. The van der Waals surface area contributed by atoms with Crippen molar-refractivity contribution in [2.75, 3.05) is 0 Å². The smallest absolute Gasteiger partial charge is 0.451 e. The van der Waals surface area contributed by atoms with Crippen molar-refractivity contribution in [3.05, 3.63) is 19.7 Å². The zero-order chi connectivity index (χ0) is 10.1. The monoisotopic (exact) mass is 319 g/mol. The van der Waals surface area contributed by atoms with Crippen LogP contribution in [0.2, 0.25) is 0 Å². The van der Waals surface area contributed by atoms with Crippen LogP contribution >= 0.6 is 0 Å². The number of halogens is 3. The van der Waals surface area contributed by atoms with E-state index in [0.717, 1.165) is 6.07 Å². The Balaban J connectivity index is 0. The molecule has 1 heterocycles. The van der Waals surface area contributed by atoms with Crippen LogP contribution in [0, 0.1) is 13.6 Å². The summed E-state index contributed by atoms with van der Waals surface area (Å²) in [5.41, 5.74) is -5.45. The van der Waals surface area contributed by atoms with Crippen LogP contribution in [0.5, 0.6) is 5.88 Å². The van der Waals surface area contributed by atoms with Gasteiger partial charge in [0, 0.05) is 32.7 Å². The average molecular weight is 319 g/mol. The number of aromatic amines is 1. The molecule has 0 aromatic carbocycles. The summed E-state index contributed by atoms with van der Waals surface area (Å²) in [4.78, 5) is 0. The third-order valence-electron chi connectivity index (χ3n) is 0.909. The molecular formula is C5H5F3N2O3SY-2. The quantitative estimate of drug-likeness (QED) is 0.499. The first-order valence-electron chi connectivity index (χ1n) is 2.75. The van der Waals surface area contributed by atoms with Crippen molar-refractivity contribution in [2.45, 2.75) is 5.51 Å². The maximum Gasteiger partial charge on any atom is 0.532 e. The maximum atomic E-state index is 11.7. The van der Waals surface area contributed by atoms with Gasteiger partial charge in [-0.2, -0.15) is 27.7 Å². The first kappa shape index (κ1) is 17.3. The fourth-order valence-corrected chi connectivity index (χ4v) is 0.835.